The number of carbonyl (C=O) groups is 1. The lowest BCUT2D eigenvalue weighted by Gasteiger charge is -2.03. The summed E-state index contributed by atoms with van der Waals surface area (Å²) in [7, 11) is 0. The predicted molar refractivity (Wildman–Crippen MR) is 63.5 cm³/mol. The number of halogens is 1. The van der Waals surface area contributed by atoms with E-state index in [1.807, 2.05) is 0 Å². The maximum Gasteiger partial charge on any atom is 0.222 e. The van der Waals surface area contributed by atoms with Gasteiger partial charge in [0.05, 0.1) is 6.57 Å². The fourth-order valence-electron chi connectivity index (χ4n) is 1.53. The fourth-order valence-corrected chi connectivity index (χ4v) is 1.53. The van der Waals surface area contributed by atoms with Gasteiger partial charge in [0, 0.05) is 5.56 Å². The van der Waals surface area contributed by atoms with E-state index in [4.69, 9.17) is 6.57 Å². The highest BCUT2D eigenvalue weighted by atomic mass is 19.1. The highest BCUT2D eigenvalue weighted by Crippen LogP contribution is 2.25. The molecule has 0 N–H and O–H groups in total. The van der Waals surface area contributed by atoms with E-state index in [-0.39, 0.29) is 5.69 Å². The van der Waals surface area contributed by atoms with Crippen LogP contribution in [0.2, 0.25) is 0 Å². The normalized spacial score (nSPS) is 9.65. The number of carbonyl (C=O) groups excluding carboxylic acids is 1. The number of benzene rings is 2. The van der Waals surface area contributed by atoms with Crippen molar-refractivity contribution in [3.63, 3.8) is 0 Å². The van der Waals surface area contributed by atoms with Crippen molar-refractivity contribution in [2.75, 3.05) is 0 Å². The van der Waals surface area contributed by atoms with Crippen molar-refractivity contribution in [1.82, 2.24) is 0 Å². The minimum atomic E-state index is -0.531. The zero-order chi connectivity index (χ0) is 12.3. The van der Waals surface area contributed by atoms with E-state index < -0.39 is 5.82 Å². The molecular weight excluding hydrogens is 217 g/mol. The van der Waals surface area contributed by atoms with Crippen LogP contribution in [-0.4, -0.2) is 6.29 Å². The molecule has 3 heteroatoms. The lowest BCUT2D eigenvalue weighted by atomic mass is 10.0. The van der Waals surface area contributed by atoms with Gasteiger partial charge >= 0.3 is 0 Å². The maximum absolute atomic E-state index is 13.4. The molecule has 82 valence electrons. The van der Waals surface area contributed by atoms with Gasteiger partial charge < -0.3 is 0 Å². The van der Waals surface area contributed by atoms with Crippen LogP contribution in [-0.2, 0) is 0 Å². The molecule has 2 nitrogen and oxygen atoms in total. The van der Waals surface area contributed by atoms with Gasteiger partial charge in [-0.05, 0) is 17.2 Å². The lowest BCUT2D eigenvalue weighted by Crippen LogP contribution is -1.83. The van der Waals surface area contributed by atoms with Crippen molar-refractivity contribution in [1.29, 1.82) is 0 Å². The second-order valence-electron chi connectivity index (χ2n) is 3.52. The third-order valence-corrected chi connectivity index (χ3v) is 2.45. The first-order chi connectivity index (χ1) is 8.24. The average Bonchev–Trinajstić information content (AvgIpc) is 2.39. The molecule has 0 saturated heterocycles. The molecule has 0 aliphatic heterocycles. The molecule has 0 saturated carbocycles. The van der Waals surface area contributed by atoms with E-state index >= 15 is 0 Å². The molecule has 0 aliphatic carbocycles. The first-order valence-electron chi connectivity index (χ1n) is 4.97. The van der Waals surface area contributed by atoms with Gasteiger partial charge in [-0.15, -0.1) is 0 Å². The van der Waals surface area contributed by atoms with Crippen molar-refractivity contribution < 1.29 is 9.18 Å². The molecule has 0 radical (unpaired) electrons. The molecule has 2 rings (SSSR count). The number of hydrogen-bond donors (Lipinski definition) is 0. The molecule has 0 unspecified atom stereocenters. The molecule has 2 aromatic carbocycles. The van der Waals surface area contributed by atoms with Crippen molar-refractivity contribution in [2.45, 2.75) is 0 Å². The van der Waals surface area contributed by atoms with Gasteiger partial charge in [-0.1, -0.05) is 36.4 Å². The van der Waals surface area contributed by atoms with E-state index in [1.54, 1.807) is 30.3 Å². The Hall–Kier alpha value is -2.47. The van der Waals surface area contributed by atoms with Crippen LogP contribution in [0.25, 0.3) is 16.0 Å². The first-order valence-corrected chi connectivity index (χ1v) is 4.97. The predicted octanol–water partition coefficient (Wildman–Crippen LogP) is 3.86. The molecule has 0 bridgehead atoms. The lowest BCUT2D eigenvalue weighted by molar-refractivity contribution is 0.112. The Bertz CT molecular complexity index is 597. The number of aldehydes is 1. The highest BCUT2D eigenvalue weighted by molar-refractivity contribution is 5.77. The Morgan fingerprint density at radius 1 is 1.06 bits per heavy atom. The summed E-state index contributed by atoms with van der Waals surface area (Å²) in [4.78, 5) is 13.6. The van der Waals surface area contributed by atoms with Crippen LogP contribution in [0.4, 0.5) is 10.1 Å². The molecule has 17 heavy (non-hydrogen) atoms. The third kappa shape index (κ3) is 2.21. The van der Waals surface area contributed by atoms with Crippen LogP contribution in [0.5, 0.6) is 0 Å². The van der Waals surface area contributed by atoms with Crippen LogP contribution in [0, 0.1) is 12.4 Å². The van der Waals surface area contributed by atoms with E-state index in [9.17, 15) is 9.18 Å². The van der Waals surface area contributed by atoms with E-state index in [1.165, 1.54) is 12.1 Å². The van der Waals surface area contributed by atoms with E-state index in [0.717, 1.165) is 11.8 Å². The van der Waals surface area contributed by atoms with Gasteiger partial charge in [-0.2, -0.15) is 0 Å². The molecule has 0 atom stereocenters. The van der Waals surface area contributed by atoms with Crippen molar-refractivity contribution in [3.8, 4) is 11.1 Å². The third-order valence-electron chi connectivity index (χ3n) is 2.45. The maximum atomic E-state index is 13.4. The second kappa shape index (κ2) is 4.58. The quantitative estimate of drug-likeness (QED) is 0.561. The summed E-state index contributed by atoms with van der Waals surface area (Å²) in [6.45, 7) is 6.76. The van der Waals surface area contributed by atoms with Gasteiger partial charge in [0.15, 0.2) is 0 Å². The van der Waals surface area contributed by atoms with E-state index in [2.05, 4.69) is 4.85 Å². The van der Waals surface area contributed by atoms with Crippen molar-refractivity contribution >= 4 is 12.0 Å². The smallest absolute Gasteiger partial charge is 0.222 e. The molecule has 0 spiro atoms. The Morgan fingerprint density at radius 3 is 2.24 bits per heavy atom. The molecule has 0 fully saturated rings. The van der Waals surface area contributed by atoms with Crippen LogP contribution in [0.3, 0.4) is 0 Å². The summed E-state index contributed by atoms with van der Waals surface area (Å²) in [5.74, 6) is -0.531. The Kier molecular flexibility index (Phi) is 2.97. The molecule has 0 heterocycles. The van der Waals surface area contributed by atoms with Gasteiger partial charge in [0.25, 0.3) is 0 Å². The van der Waals surface area contributed by atoms with Crippen LogP contribution < -0.4 is 0 Å². The fraction of sp³-hybridized carbons (Fsp3) is 0. The zero-order valence-corrected chi connectivity index (χ0v) is 8.85. The standard InChI is InChI=1S/C14H8FNO/c1-16-14-7-6-12(8-13(14)15)11-4-2-10(9-17)3-5-11/h2-9H. The summed E-state index contributed by atoms with van der Waals surface area (Å²) in [6, 6.07) is 11.3. The van der Waals surface area contributed by atoms with Gasteiger partial charge in [-0.3, -0.25) is 4.79 Å². The SMILES string of the molecule is [C-]#[N+]c1ccc(-c2ccc(C=O)cc2)cc1F. The molecular formula is C14H8FNO. The minimum Gasteiger partial charge on any atom is -0.298 e. The first kappa shape index (κ1) is 11.0. The minimum absolute atomic E-state index is 0.0123. The van der Waals surface area contributed by atoms with E-state index in [0.29, 0.717) is 11.1 Å². The van der Waals surface area contributed by atoms with Gasteiger partial charge in [-0.25, -0.2) is 9.24 Å². The van der Waals surface area contributed by atoms with Crippen LogP contribution in [0.1, 0.15) is 10.4 Å². The second-order valence-corrected chi connectivity index (χ2v) is 3.52. The highest BCUT2D eigenvalue weighted by Gasteiger charge is 2.04. The number of nitrogens with zero attached hydrogens (tertiary/aromatic N) is 1. The summed E-state index contributed by atoms with van der Waals surface area (Å²) in [5, 5.41) is 0. The largest absolute Gasteiger partial charge is 0.298 e. The topological polar surface area (TPSA) is 21.4 Å². The summed E-state index contributed by atoms with van der Waals surface area (Å²) in [5.41, 5.74) is 2.09. The summed E-state index contributed by atoms with van der Waals surface area (Å²) in [6.07, 6.45) is 0.756. The van der Waals surface area contributed by atoms with Crippen molar-refractivity contribution in [2.24, 2.45) is 0 Å². The summed E-state index contributed by atoms with van der Waals surface area (Å²) >= 11 is 0. The van der Waals surface area contributed by atoms with Gasteiger partial charge in [0.1, 0.15) is 12.1 Å². The molecule has 2 aromatic rings. The zero-order valence-electron chi connectivity index (χ0n) is 8.85. The Balaban J connectivity index is 2.43. The monoisotopic (exact) mass is 225 g/mol. The molecule has 0 amide bonds. The number of rotatable bonds is 2. The van der Waals surface area contributed by atoms with Crippen LogP contribution >= 0.6 is 0 Å². The molecule has 0 aliphatic rings. The van der Waals surface area contributed by atoms with Gasteiger partial charge in [0.2, 0.25) is 5.69 Å². The number of hydrogen-bond acceptors (Lipinski definition) is 1. The average molecular weight is 225 g/mol. The Morgan fingerprint density at radius 2 is 1.71 bits per heavy atom. The molecule has 0 aromatic heterocycles. The summed E-state index contributed by atoms with van der Waals surface area (Å²) < 4.78 is 13.4. The van der Waals surface area contributed by atoms with Crippen molar-refractivity contribution in [3.05, 3.63) is 65.3 Å². The Labute approximate surface area is 98.1 Å². The van der Waals surface area contributed by atoms with Crippen LogP contribution in [0.15, 0.2) is 42.5 Å².